The zero-order valence-electron chi connectivity index (χ0n) is 44.5. The van der Waals surface area contributed by atoms with E-state index in [1.54, 1.807) is 0 Å². The molecule has 0 fully saturated rings. The van der Waals surface area contributed by atoms with E-state index in [2.05, 4.69) is 253 Å². The van der Waals surface area contributed by atoms with Crippen LogP contribution in [0.5, 0.6) is 5.75 Å². The van der Waals surface area contributed by atoms with Gasteiger partial charge in [-0.3, -0.25) is 9.55 Å². The van der Waals surface area contributed by atoms with Gasteiger partial charge in [0.1, 0.15) is 11.6 Å². The maximum absolute atomic E-state index is 12.5. The number of para-hydroxylation sites is 1. The second-order valence-electron chi connectivity index (χ2n) is 23.4. The zero-order valence-corrected chi connectivity index (χ0v) is 44.5. The van der Waals surface area contributed by atoms with Crippen molar-refractivity contribution in [3.05, 3.63) is 191 Å². The average Bonchev–Trinajstić information content (AvgIpc) is 3.73. The molecule has 71 heavy (non-hydrogen) atoms. The third kappa shape index (κ3) is 9.74. The number of fused-ring (bicyclic) bond motifs is 1. The molecule has 0 radical (unpaired) electrons. The summed E-state index contributed by atoms with van der Waals surface area (Å²) in [4.78, 5) is 10.8. The van der Waals surface area contributed by atoms with Gasteiger partial charge in [0.2, 0.25) is 0 Å². The number of aromatic nitrogens is 3. The highest BCUT2D eigenvalue weighted by atomic mass is 16.3. The Balaban J connectivity index is 1.33. The highest BCUT2D eigenvalue weighted by Crippen LogP contribution is 2.46. The van der Waals surface area contributed by atoms with Gasteiger partial charge in [-0.1, -0.05) is 193 Å². The highest BCUT2D eigenvalue weighted by Gasteiger charge is 2.27. The van der Waals surface area contributed by atoms with E-state index in [9.17, 15) is 5.11 Å². The van der Waals surface area contributed by atoms with Crippen LogP contribution in [-0.4, -0.2) is 19.6 Å². The van der Waals surface area contributed by atoms with Crippen molar-refractivity contribution in [2.45, 2.75) is 125 Å². The number of hydrogen-bond donors (Lipinski definition) is 1. The maximum atomic E-state index is 12.5. The number of benzene rings is 7. The quantitative estimate of drug-likeness (QED) is 0.157. The van der Waals surface area contributed by atoms with Gasteiger partial charge in [-0.15, -0.1) is 0 Å². The second-order valence-corrected chi connectivity index (χ2v) is 23.4. The smallest absolute Gasteiger partial charge is 0.149 e. The van der Waals surface area contributed by atoms with Crippen molar-refractivity contribution < 1.29 is 5.11 Å². The molecule has 0 aliphatic heterocycles. The summed E-state index contributed by atoms with van der Waals surface area (Å²) in [5, 5.41) is 12.5. The fourth-order valence-corrected chi connectivity index (χ4v) is 9.86. The Morgan fingerprint density at radius 3 is 1.68 bits per heavy atom. The highest BCUT2D eigenvalue weighted by molar-refractivity contribution is 5.98. The third-order valence-corrected chi connectivity index (χ3v) is 14.4. The molecule has 0 atom stereocenters. The number of rotatable bonds is 9. The Kier molecular flexibility index (Phi) is 12.8. The lowest BCUT2D eigenvalue weighted by Crippen LogP contribution is -2.11. The maximum Gasteiger partial charge on any atom is 0.149 e. The summed E-state index contributed by atoms with van der Waals surface area (Å²) in [6.07, 6.45) is 1.93. The van der Waals surface area contributed by atoms with Gasteiger partial charge in [0, 0.05) is 22.9 Å². The summed E-state index contributed by atoms with van der Waals surface area (Å²) in [5.74, 6) is 1.30. The average molecular weight is 934 g/mol. The Labute approximate surface area is 423 Å². The van der Waals surface area contributed by atoms with E-state index >= 15 is 0 Å². The molecule has 9 aromatic rings. The summed E-state index contributed by atoms with van der Waals surface area (Å²) in [7, 11) is 0. The molecule has 9 rings (SSSR count). The lowest BCUT2D eigenvalue weighted by atomic mass is 9.83. The molecular weight excluding hydrogens is 863 g/mol. The number of pyridine rings is 1. The van der Waals surface area contributed by atoms with E-state index < -0.39 is 0 Å². The van der Waals surface area contributed by atoms with Crippen molar-refractivity contribution in [1.82, 2.24) is 14.5 Å². The van der Waals surface area contributed by atoms with Gasteiger partial charge in [-0.05, 0) is 150 Å². The first-order valence-electron chi connectivity index (χ1n) is 25.5. The predicted octanol–water partition coefficient (Wildman–Crippen LogP) is 18.6. The summed E-state index contributed by atoms with van der Waals surface area (Å²) in [6.45, 7) is 31.3. The Morgan fingerprint density at radius 2 is 1.07 bits per heavy atom. The molecule has 4 nitrogen and oxygen atoms in total. The van der Waals surface area contributed by atoms with Crippen molar-refractivity contribution in [3.8, 4) is 78.6 Å². The van der Waals surface area contributed by atoms with Gasteiger partial charge in [0.05, 0.1) is 28.0 Å². The Bertz CT molecular complexity index is 3400. The minimum Gasteiger partial charge on any atom is -0.507 e. The van der Waals surface area contributed by atoms with Gasteiger partial charge in [0.25, 0.3) is 0 Å². The van der Waals surface area contributed by atoms with Crippen molar-refractivity contribution >= 4 is 11.0 Å². The van der Waals surface area contributed by atoms with E-state index in [0.717, 1.165) is 78.0 Å². The molecule has 360 valence electrons. The summed E-state index contributed by atoms with van der Waals surface area (Å²) >= 11 is 0. The van der Waals surface area contributed by atoms with Gasteiger partial charge < -0.3 is 5.11 Å². The number of phenols is 1. The predicted molar refractivity (Wildman–Crippen MR) is 302 cm³/mol. The van der Waals surface area contributed by atoms with Crippen LogP contribution in [0, 0.1) is 6.92 Å². The number of hydrogen-bond acceptors (Lipinski definition) is 3. The monoisotopic (exact) mass is 934 g/mol. The van der Waals surface area contributed by atoms with Crippen LogP contribution in [0.2, 0.25) is 0 Å². The normalized spacial score (nSPS) is 12.4. The summed E-state index contributed by atoms with van der Waals surface area (Å²) < 4.78 is 2.32. The minimum atomic E-state index is -0.157. The van der Waals surface area contributed by atoms with Gasteiger partial charge in [-0.25, -0.2) is 4.98 Å². The largest absolute Gasteiger partial charge is 0.507 e. The summed E-state index contributed by atoms with van der Waals surface area (Å²) in [6, 6.07) is 55.5. The van der Waals surface area contributed by atoms with E-state index in [1.807, 2.05) is 6.20 Å². The zero-order chi connectivity index (χ0) is 50.7. The van der Waals surface area contributed by atoms with Crippen molar-refractivity contribution in [2.24, 2.45) is 0 Å². The summed E-state index contributed by atoms with van der Waals surface area (Å²) in [5.41, 5.74) is 21.4. The van der Waals surface area contributed by atoms with Gasteiger partial charge >= 0.3 is 0 Å². The van der Waals surface area contributed by atoms with Gasteiger partial charge in [0.15, 0.2) is 0 Å². The van der Waals surface area contributed by atoms with E-state index in [4.69, 9.17) is 9.97 Å². The molecule has 0 amide bonds. The topological polar surface area (TPSA) is 50.9 Å². The molecule has 7 aromatic carbocycles. The van der Waals surface area contributed by atoms with Crippen LogP contribution < -0.4 is 0 Å². The SMILES string of the molecule is Cc1cc(-n2c(-c3cc(C(C)C)cc(C(C)C)c3O)nc3c(-c4cc(-c5cc(-c6ccc(C(C)(C)C)cc6)ccn5)cc(C(C)(C)C)c4)cccc32)c(-c2ccc(C(C)(C)C)cc2)cc1-c1ccccc1. The van der Waals surface area contributed by atoms with Crippen LogP contribution in [0.3, 0.4) is 0 Å². The van der Waals surface area contributed by atoms with Crippen LogP contribution in [-0.2, 0) is 16.2 Å². The first kappa shape index (κ1) is 49.0. The first-order valence-corrected chi connectivity index (χ1v) is 25.5. The molecule has 0 bridgehead atoms. The first-order chi connectivity index (χ1) is 33.6. The number of nitrogens with zero attached hydrogens (tertiary/aromatic N) is 3. The van der Waals surface area contributed by atoms with Crippen molar-refractivity contribution in [3.63, 3.8) is 0 Å². The Morgan fingerprint density at radius 1 is 0.465 bits per heavy atom. The molecule has 0 unspecified atom stereocenters. The molecular formula is C67H71N3O. The van der Waals surface area contributed by atoms with Crippen LogP contribution in [0.25, 0.3) is 83.9 Å². The van der Waals surface area contributed by atoms with E-state index in [1.165, 1.54) is 33.4 Å². The second kappa shape index (κ2) is 18.6. The number of phenolic OH excluding ortho intramolecular Hbond substituents is 1. The van der Waals surface area contributed by atoms with Crippen LogP contribution in [0.1, 0.15) is 135 Å². The Hall–Kier alpha value is -7.04. The number of imidazole rings is 1. The molecule has 0 saturated carbocycles. The van der Waals surface area contributed by atoms with Crippen LogP contribution in [0.4, 0.5) is 0 Å². The molecule has 0 aliphatic carbocycles. The lowest BCUT2D eigenvalue weighted by molar-refractivity contribution is 0.466. The van der Waals surface area contributed by atoms with Crippen molar-refractivity contribution in [1.29, 1.82) is 0 Å². The minimum absolute atomic E-state index is 0.00241. The lowest BCUT2D eigenvalue weighted by Gasteiger charge is -2.22. The molecule has 0 saturated heterocycles. The van der Waals surface area contributed by atoms with Crippen LogP contribution in [0.15, 0.2) is 158 Å². The fourth-order valence-electron chi connectivity index (χ4n) is 9.86. The molecule has 0 spiro atoms. The molecule has 0 aliphatic rings. The van der Waals surface area contributed by atoms with Crippen molar-refractivity contribution in [2.75, 3.05) is 0 Å². The molecule has 4 heteroatoms. The van der Waals surface area contributed by atoms with Gasteiger partial charge in [-0.2, -0.15) is 0 Å². The fraction of sp³-hybridized carbons (Fsp3) is 0.284. The van der Waals surface area contributed by atoms with E-state index in [-0.39, 0.29) is 33.8 Å². The standard InChI is InChI=1S/C67H71N3O/c1-41(2)48-37-55(42(3)4)63(71)58(38-48)64-69-62-54(49-34-50(36-53(35-49)67(12,13)14)59-39-47(31-32-68-59)44-23-27-51(28-24-44)65(6,7)8)21-18-22-60(62)70(64)61-33-43(5)56(45-19-16-15-17-20-45)40-57(61)46-25-29-52(30-26-46)66(9,10)11/h15-42,71H,1-14H3. The van der Waals surface area contributed by atoms with E-state index in [0.29, 0.717) is 5.82 Å². The molecule has 2 aromatic heterocycles. The third-order valence-electron chi connectivity index (χ3n) is 14.4. The molecule has 1 N–H and O–H groups in total. The number of aromatic hydroxyl groups is 1. The number of aryl methyl sites for hydroxylation is 1. The van der Waals surface area contributed by atoms with Crippen LogP contribution >= 0.6 is 0 Å². The molecule has 2 heterocycles.